The molecule has 19 heavy (non-hydrogen) atoms. The summed E-state index contributed by atoms with van der Waals surface area (Å²) in [5, 5.41) is 0. The standard InChI is InChI=1S/C11H18BrN3O3S/c1-15(7-3-6-13)19(16,17)14-11-8-9(18-2)4-5-10(11)12/h4-5,8,14H,3,6-7,13H2,1-2H3. The van der Waals surface area contributed by atoms with E-state index in [1.165, 1.54) is 18.5 Å². The van der Waals surface area contributed by atoms with Gasteiger partial charge in [0.2, 0.25) is 0 Å². The van der Waals surface area contributed by atoms with Crippen molar-refractivity contribution in [1.29, 1.82) is 0 Å². The number of anilines is 1. The first-order valence-electron chi connectivity index (χ1n) is 5.68. The SMILES string of the molecule is COc1ccc(Br)c(NS(=O)(=O)N(C)CCCN)c1. The number of nitrogens with zero attached hydrogens (tertiary/aromatic N) is 1. The Kier molecular flexibility index (Phi) is 6.05. The van der Waals surface area contributed by atoms with Crippen molar-refractivity contribution in [2.75, 3.05) is 32.0 Å². The molecule has 0 saturated heterocycles. The Morgan fingerprint density at radius 3 is 2.74 bits per heavy atom. The van der Waals surface area contributed by atoms with Gasteiger partial charge in [-0.2, -0.15) is 12.7 Å². The predicted molar refractivity (Wildman–Crippen MR) is 79.5 cm³/mol. The number of halogens is 1. The molecular formula is C11H18BrN3O3S. The number of hydrogen-bond acceptors (Lipinski definition) is 4. The Morgan fingerprint density at radius 2 is 2.16 bits per heavy atom. The van der Waals surface area contributed by atoms with Crippen molar-refractivity contribution in [1.82, 2.24) is 4.31 Å². The highest BCUT2D eigenvalue weighted by molar-refractivity contribution is 9.10. The van der Waals surface area contributed by atoms with Crippen LogP contribution in [0.1, 0.15) is 6.42 Å². The number of benzene rings is 1. The first-order chi connectivity index (χ1) is 8.90. The second-order valence-electron chi connectivity index (χ2n) is 3.92. The van der Waals surface area contributed by atoms with Crippen LogP contribution in [0.3, 0.4) is 0 Å². The molecule has 1 aromatic carbocycles. The van der Waals surface area contributed by atoms with E-state index in [0.29, 0.717) is 35.4 Å². The van der Waals surface area contributed by atoms with Gasteiger partial charge in [0.25, 0.3) is 0 Å². The predicted octanol–water partition coefficient (Wildman–Crippen LogP) is 1.39. The van der Waals surface area contributed by atoms with Crippen LogP contribution in [-0.2, 0) is 10.2 Å². The molecule has 108 valence electrons. The molecule has 8 heteroatoms. The third kappa shape index (κ3) is 4.64. The highest BCUT2D eigenvalue weighted by Gasteiger charge is 2.18. The molecule has 0 heterocycles. The van der Waals surface area contributed by atoms with Crippen LogP contribution < -0.4 is 15.2 Å². The van der Waals surface area contributed by atoms with Gasteiger partial charge >= 0.3 is 10.2 Å². The van der Waals surface area contributed by atoms with Crippen LogP contribution in [0.5, 0.6) is 5.75 Å². The summed E-state index contributed by atoms with van der Waals surface area (Å²) in [5.74, 6) is 0.575. The van der Waals surface area contributed by atoms with Gasteiger partial charge < -0.3 is 10.5 Å². The molecule has 0 atom stereocenters. The maximum atomic E-state index is 12.1. The van der Waals surface area contributed by atoms with Gasteiger partial charge in [-0.3, -0.25) is 4.72 Å². The molecule has 0 aliphatic heterocycles. The van der Waals surface area contributed by atoms with E-state index in [1.807, 2.05) is 0 Å². The molecule has 1 aromatic rings. The lowest BCUT2D eigenvalue weighted by molar-refractivity contribution is 0.415. The quantitative estimate of drug-likeness (QED) is 0.777. The lowest BCUT2D eigenvalue weighted by Crippen LogP contribution is -2.34. The van der Waals surface area contributed by atoms with E-state index in [9.17, 15) is 8.42 Å². The van der Waals surface area contributed by atoms with Gasteiger partial charge in [0, 0.05) is 24.1 Å². The van der Waals surface area contributed by atoms with Gasteiger partial charge in [-0.1, -0.05) is 0 Å². The second kappa shape index (κ2) is 7.09. The van der Waals surface area contributed by atoms with E-state index < -0.39 is 10.2 Å². The monoisotopic (exact) mass is 351 g/mol. The fraction of sp³-hybridized carbons (Fsp3) is 0.455. The summed E-state index contributed by atoms with van der Waals surface area (Å²) in [5.41, 5.74) is 5.80. The highest BCUT2D eigenvalue weighted by Crippen LogP contribution is 2.28. The number of hydrogen-bond donors (Lipinski definition) is 2. The summed E-state index contributed by atoms with van der Waals surface area (Å²) in [6, 6.07) is 5.06. The molecule has 0 aliphatic carbocycles. The van der Waals surface area contributed by atoms with E-state index in [2.05, 4.69) is 20.7 Å². The Hall–Kier alpha value is -0.830. The number of methoxy groups -OCH3 is 1. The summed E-state index contributed by atoms with van der Waals surface area (Å²) in [6.07, 6.45) is 0.608. The fourth-order valence-corrected chi connectivity index (χ4v) is 2.81. The Balaban J connectivity index is 2.88. The average molecular weight is 352 g/mol. The molecule has 1 rings (SSSR count). The number of nitrogens with one attached hydrogen (secondary N) is 1. The summed E-state index contributed by atoms with van der Waals surface area (Å²) in [7, 11) is -0.562. The molecule has 3 N–H and O–H groups in total. The molecule has 0 radical (unpaired) electrons. The van der Waals surface area contributed by atoms with Gasteiger partial charge in [0.05, 0.1) is 12.8 Å². The third-order valence-corrected chi connectivity index (χ3v) is 4.67. The van der Waals surface area contributed by atoms with Crippen molar-refractivity contribution in [2.24, 2.45) is 5.73 Å². The molecule has 0 amide bonds. The largest absolute Gasteiger partial charge is 0.497 e. The minimum atomic E-state index is -3.59. The van der Waals surface area contributed by atoms with Gasteiger partial charge in [-0.15, -0.1) is 0 Å². The number of ether oxygens (including phenoxy) is 1. The highest BCUT2D eigenvalue weighted by atomic mass is 79.9. The normalized spacial score (nSPS) is 11.6. The summed E-state index contributed by atoms with van der Waals surface area (Å²) in [6.45, 7) is 0.816. The minimum Gasteiger partial charge on any atom is -0.497 e. The maximum Gasteiger partial charge on any atom is 0.301 e. The molecule has 6 nitrogen and oxygen atoms in total. The zero-order valence-electron chi connectivity index (χ0n) is 10.9. The van der Waals surface area contributed by atoms with Crippen molar-refractivity contribution >= 4 is 31.8 Å². The third-order valence-electron chi connectivity index (χ3n) is 2.50. The zero-order valence-corrected chi connectivity index (χ0v) is 13.3. The van der Waals surface area contributed by atoms with E-state index in [1.54, 1.807) is 18.2 Å². The van der Waals surface area contributed by atoms with Crippen LogP contribution in [0.2, 0.25) is 0 Å². The molecule has 0 bridgehead atoms. The molecule has 0 unspecified atom stereocenters. The van der Waals surface area contributed by atoms with Crippen LogP contribution >= 0.6 is 15.9 Å². The van der Waals surface area contributed by atoms with Gasteiger partial charge in [-0.25, -0.2) is 0 Å². The average Bonchev–Trinajstić information content (AvgIpc) is 2.38. The molecule has 0 spiro atoms. The lowest BCUT2D eigenvalue weighted by atomic mass is 10.3. The summed E-state index contributed by atoms with van der Waals surface area (Å²) in [4.78, 5) is 0. The maximum absolute atomic E-state index is 12.1. The lowest BCUT2D eigenvalue weighted by Gasteiger charge is -2.18. The van der Waals surface area contributed by atoms with Gasteiger partial charge in [-0.05, 0) is 41.0 Å². The number of nitrogens with two attached hydrogens (primary N) is 1. The second-order valence-corrected chi connectivity index (χ2v) is 6.55. The number of rotatable bonds is 7. The van der Waals surface area contributed by atoms with Crippen molar-refractivity contribution in [3.05, 3.63) is 22.7 Å². The van der Waals surface area contributed by atoms with Crippen molar-refractivity contribution in [3.8, 4) is 5.75 Å². The van der Waals surface area contributed by atoms with Crippen LogP contribution in [0.4, 0.5) is 5.69 Å². The fourth-order valence-electron chi connectivity index (χ4n) is 1.36. The first-order valence-corrected chi connectivity index (χ1v) is 7.91. The van der Waals surface area contributed by atoms with Crippen molar-refractivity contribution in [3.63, 3.8) is 0 Å². The Labute approximate surface area is 122 Å². The van der Waals surface area contributed by atoms with Crippen LogP contribution in [0.15, 0.2) is 22.7 Å². The smallest absolute Gasteiger partial charge is 0.301 e. The van der Waals surface area contributed by atoms with Crippen molar-refractivity contribution < 1.29 is 13.2 Å². The topological polar surface area (TPSA) is 84.7 Å². The summed E-state index contributed by atoms with van der Waals surface area (Å²) < 4.78 is 33.6. The Bertz CT molecular complexity index is 522. The summed E-state index contributed by atoms with van der Waals surface area (Å²) >= 11 is 3.29. The molecule has 0 aliphatic rings. The molecule has 0 saturated carbocycles. The van der Waals surface area contributed by atoms with E-state index in [0.717, 1.165) is 0 Å². The molecule has 0 fully saturated rings. The van der Waals surface area contributed by atoms with Crippen LogP contribution in [0, 0.1) is 0 Å². The molecule has 0 aromatic heterocycles. The van der Waals surface area contributed by atoms with E-state index >= 15 is 0 Å². The van der Waals surface area contributed by atoms with Crippen molar-refractivity contribution in [2.45, 2.75) is 6.42 Å². The minimum absolute atomic E-state index is 0.368. The Morgan fingerprint density at radius 1 is 1.47 bits per heavy atom. The van der Waals surface area contributed by atoms with E-state index in [-0.39, 0.29) is 0 Å². The molecular weight excluding hydrogens is 334 g/mol. The van der Waals surface area contributed by atoms with Gasteiger partial charge in [0.1, 0.15) is 5.75 Å². The first kappa shape index (κ1) is 16.2. The zero-order chi connectivity index (χ0) is 14.5. The van der Waals surface area contributed by atoms with Crippen LogP contribution in [0.25, 0.3) is 0 Å². The van der Waals surface area contributed by atoms with E-state index in [4.69, 9.17) is 10.5 Å². The van der Waals surface area contributed by atoms with Crippen LogP contribution in [-0.4, -0.2) is 40.0 Å². The van der Waals surface area contributed by atoms with Gasteiger partial charge in [0.15, 0.2) is 0 Å².